The Kier molecular flexibility index (Phi) is 2.86. The van der Waals surface area contributed by atoms with E-state index >= 15 is 0 Å². The maximum atomic E-state index is 11.0. The quantitative estimate of drug-likeness (QED) is 0.657. The minimum absolute atomic E-state index is 0.103. The number of allylic oxidation sites excluding steroid dienone is 2. The van der Waals surface area contributed by atoms with Crippen LogP contribution in [0.3, 0.4) is 0 Å². The smallest absolute Gasteiger partial charge is 0.220 e. The number of nitrogens with one attached hydrogen (secondary N) is 1. The van der Waals surface area contributed by atoms with Gasteiger partial charge >= 0.3 is 0 Å². The number of hydrogen-bond donors (Lipinski definition) is 1. The summed E-state index contributed by atoms with van der Waals surface area (Å²) in [5, 5.41) is 2.79. The lowest BCUT2D eigenvalue weighted by Crippen LogP contribution is -2.22. The van der Waals surface area contributed by atoms with Gasteiger partial charge in [-0.05, 0) is 17.6 Å². The van der Waals surface area contributed by atoms with E-state index in [1.807, 2.05) is 0 Å². The van der Waals surface area contributed by atoms with Crippen LogP contribution in [-0.2, 0) is 4.79 Å². The van der Waals surface area contributed by atoms with E-state index in [4.69, 9.17) is 0 Å². The van der Waals surface area contributed by atoms with Gasteiger partial charge in [0.2, 0.25) is 5.91 Å². The van der Waals surface area contributed by atoms with Gasteiger partial charge in [0, 0.05) is 13.0 Å². The first-order valence-electron chi connectivity index (χ1n) is 4.01. The molecule has 2 nitrogen and oxygen atoms in total. The third-order valence-corrected chi connectivity index (χ3v) is 2.00. The molecule has 0 unspecified atom stereocenters. The molecule has 1 heterocycles. The molecule has 0 bridgehead atoms. The molecule has 1 amide bonds. The van der Waals surface area contributed by atoms with E-state index in [1.54, 1.807) is 12.2 Å². The zero-order chi connectivity index (χ0) is 8.97. The highest BCUT2D eigenvalue weighted by atomic mass is 16.1. The molecule has 0 spiro atoms. The molecule has 0 saturated carbocycles. The Morgan fingerprint density at radius 2 is 1.83 bits per heavy atom. The van der Waals surface area contributed by atoms with Gasteiger partial charge in [0.05, 0.1) is 0 Å². The monoisotopic (exact) mass is 163 g/mol. The van der Waals surface area contributed by atoms with Crippen molar-refractivity contribution in [2.75, 3.05) is 6.54 Å². The molecule has 0 fully saturated rings. The molecule has 2 heteroatoms. The van der Waals surface area contributed by atoms with E-state index in [2.05, 4.69) is 18.5 Å². The van der Waals surface area contributed by atoms with Gasteiger partial charge in [-0.1, -0.05) is 25.3 Å². The van der Waals surface area contributed by atoms with Crippen LogP contribution in [0, 0.1) is 0 Å². The Bertz CT molecular complexity index is 227. The van der Waals surface area contributed by atoms with Crippen LogP contribution in [0.4, 0.5) is 0 Å². The molecule has 0 aromatic rings. The molecule has 0 aromatic carbocycles. The van der Waals surface area contributed by atoms with Crippen LogP contribution in [0.1, 0.15) is 12.8 Å². The van der Waals surface area contributed by atoms with E-state index in [1.165, 1.54) is 0 Å². The van der Waals surface area contributed by atoms with Crippen molar-refractivity contribution in [2.24, 2.45) is 0 Å². The van der Waals surface area contributed by atoms with Crippen LogP contribution in [0.2, 0.25) is 0 Å². The number of rotatable bonds is 2. The Labute approximate surface area is 72.7 Å². The summed E-state index contributed by atoms with van der Waals surface area (Å²) < 4.78 is 0. The van der Waals surface area contributed by atoms with E-state index < -0.39 is 0 Å². The summed E-state index contributed by atoms with van der Waals surface area (Å²) in [7, 11) is 0. The van der Waals surface area contributed by atoms with Crippen LogP contribution in [-0.4, -0.2) is 12.5 Å². The second-order valence-electron chi connectivity index (χ2n) is 2.74. The van der Waals surface area contributed by atoms with Gasteiger partial charge in [0.1, 0.15) is 0 Å². The molecule has 1 rings (SSSR count). The van der Waals surface area contributed by atoms with Gasteiger partial charge in [-0.15, -0.1) is 0 Å². The van der Waals surface area contributed by atoms with Crippen molar-refractivity contribution in [2.45, 2.75) is 12.8 Å². The van der Waals surface area contributed by atoms with E-state index in [0.29, 0.717) is 13.0 Å². The SMILES string of the molecule is C=CC1=C(C=C)CNC(=O)CC1. The molecule has 0 radical (unpaired) electrons. The molecule has 12 heavy (non-hydrogen) atoms. The standard InChI is InChI=1S/C10H13NO/c1-3-8-5-6-10(12)11-7-9(8)4-2/h3-4H,1-2,5-7H2,(H,11,12). The molecule has 1 N–H and O–H groups in total. The summed E-state index contributed by atoms with van der Waals surface area (Å²) in [5.74, 6) is 0.103. The van der Waals surface area contributed by atoms with Crippen molar-refractivity contribution >= 4 is 5.91 Å². The van der Waals surface area contributed by atoms with Gasteiger partial charge < -0.3 is 5.32 Å². The molecule has 0 aromatic heterocycles. The predicted molar refractivity (Wildman–Crippen MR) is 49.7 cm³/mol. The minimum Gasteiger partial charge on any atom is -0.352 e. The van der Waals surface area contributed by atoms with Gasteiger partial charge in [0.15, 0.2) is 0 Å². The fourth-order valence-corrected chi connectivity index (χ4v) is 1.24. The Morgan fingerprint density at radius 3 is 2.42 bits per heavy atom. The molecule has 1 aliphatic rings. The number of carbonyl (C=O) groups excluding carboxylic acids is 1. The molecule has 64 valence electrons. The van der Waals surface area contributed by atoms with Crippen molar-refractivity contribution in [3.05, 3.63) is 36.5 Å². The normalized spacial score (nSPS) is 18.2. The number of carbonyl (C=O) groups is 1. The highest BCUT2D eigenvalue weighted by molar-refractivity contribution is 5.77. The van der Waals surface area contributed by atoms with Crippen molar-refractivity contribution in [3.8, 4) is 0 Å². The fourth-order valence-electron chi connectivity index (χ4n) is 1.24. The van der Waals surface area contributed by atoms with Crippen LogP contribution in [0.15, 0.2) is 36.5 Å². The van der Waals surface area contributed by atoms with Gasteiger partial charge in [-0.25, -0.2) is 0 Å². The molecule has 0 aliphatic carbocycles. The summed E-state index contributed by atoms with van der Waals surface area (Å²) in [6, 6.07) is 0. The van der Waals surface area contributed by atoms with Crippen LogP contribution < -0.4 is 5.32 Å². The van der Waals surface area contributed by atoms with Crippen LogP contribution >= 0.6 is 0 Å². The lowest BCUT2D eigenvalue weighted by Gasteiger charge is -2.02. The molecule has 0 atom stereocenters. The summed E-state index contributed by atoms with van der Waals surface area (Å²) in [5.41, 5.74) is 2.21. The van der Waals surface area contributed by atoms with Crippen molar-refractivity contribution in [1.82, 2.24) is 5.32 Å². The maximum absolute atomic E-state index is 11.0. The van der Waals surface area contributed by atoms with E-state index in [-0.39, 0.29) is 5.91 Å². The maximum Gasteiger partial charge on any atom is 0.220 e. The summed E-state index contributed by atoms with van der Waals surface area (Å²) in [4.78, 5) is 11.0. The van der Waals surface area contributed by atoms with Gasteiger partial charge in [-0.2, -0.15) is 0 Å². The third kappa shape index (κ3) is 1.84. The molecule has 0 saturated heterocycles. The Hall–Kier alpha value is -1.31. The van der Waals surface area contributed by atoms with E-state index in [0.717, 1.165) is 17.6 Å². The van der Waals surface area contributed by atoms with Crippen molar-refractivity contribution < 1.29 is 4.79 Å². The topological polar surface area (TPSA) is 29.1 Å². The van der Waals surface area contributed by atoms with Crippen LogP contribution in [0.25, 0.3) is 0 Å². The Balaban J connectivity index is 2.85. The molecular weight excluding hydrogens is 150 g/mol. The number of hydrogen-bond acceptors (Lipinski definition) is 1. The zero-order valence-electron chi connectivity index (χ0n) is 7.10. The molecule has 1 aliphatic heterocycles. The summed E-state index contributed by atoms with van der Waals surface area (Å²) in [6.45, 7) is 7.98. The largest absolute Gasteiger partial charge is 0.352 e. The number of amides is 1. The van der Waals surface area contributed by atoms with Crippen molar-refractivity contribution in [1.29, 1.82) is 0 Å². The average molecular weight is 163 g/mol. The van der Waals surface area contributed by atoms with Crippen LogP contribution in [0.5, 0.6) is 0 Å². The first-order valence-corrected chi connectivity index (χ1v) is 4.01. The average Bonchev–Trinajstić information content (AvgIpc) is 2.27. The lowest BCUT2D eigenvalue weighted by atomic mass is 10.1. The summed E-state index contributed by atoms with van der Waals surface area (Å²) in [6.07, 6.45) is 4.91. The van der Waals surface area contributed by atoms with Gasteiger partial charge in [0.25, 0.3) is 0 Å². The fraction of sp³-hybridized carbons (Fsp3) is 0.300. The van der Waals surface area contributed by atoms with Crippen molar-refractivity contribution in [3.63, 3.8) is 0 Å². The summed E-state index contributed by atoms with van der Waals surface area (Å²) >= 11 is 0. The van der Waals surface area contributed by atoms with Gasteiger partial charge in [-0.3, -0.25) is 4.79 Å². The zero-order valence-corrected chi connectivity index (χ0v) is 7.10. The first-order chi connectivity index (χ1) is 5.77. The Morgan fingerprint density at radius 1 is 1.17 bits per heavy atom. The minimum atomic E-state index is 0.103. The first kappa shape index (κ1) is 8.78. The van der Waals surface area contributed by atoms with E-state index in [9.17, 15) is 4.79 Å². The second kappa shape index (κ2) is 3.90. The molecular formula is C10H13NO. The third-order valence-electron chi connectivity index (χ3n) is 2.00. The lowest BCUT2D eigenvalue weighted by molar-refractivity contribution is -0.120. The predicted octanol–water partition coefficient (Wildman–Crippen LogP) is 1.56. The second-order valence-corrected chi connectivity index (χ2v) is 2.74. The highest BCUT2D eigenvalue weighted by Crippen LogP contribution is 2.15. The highest BCUT2D eigenvalue weighted by Gasteiger charge is 2.10.